The number of nitrogen functional groups attached to an aromatic ring is 1. The third kappa shape index (κ3) is 3.84. The molecule has 0 radical (unpaired) electrons. The van der Waals surface area contributed by atoms with Crippen molar-refractivity contribution in [3.63, 3.8) is 0 Å². The summed E-state index contributed by atoms with van der Waals surface area (Å²) in [6.45, 7) is 0. The van der Waals surface area contributed by atoms with Gasteiger partial charge in [0.25, 0.3) is 0 Å². The first kappa shape index (κ1) is 16.0. The van der Waals surface area contributed by atoms with E-state index in [0.717, 1.165) is 0 Å². The molecule has 4 N–H and O–H groups in total. The van der Waals surface area contributed by atoms with Crippen LogP contribution >= 0.6 is 11.6 Å². The minimum absolute atomic E-state index is 0.119. The summed E-state index contributed by atoms with van der Waals surface area (Å²) in [7, 11) is -3.82. The van der Waals surface area contributed by atoms with Gasteiger partial charge in [0.1, 0.15) is 10.7 Å². The first-order chi connectivity index (χ1) is 9.79. The van der Waals surface area contributed by atoms with Gasteiger partial charge in [-0.1, -0.05) is 11.6 Å². The molecule has 0 aliphatic heterocycles. The van der Waals surface area contributed by atoms with Gasteiger partial charge in [-0.25, -0.2) is 18.1 Å². The van der Waals surface area contributed by atoms with Crippen LogP contribution in [-0.4, -0.2) is 30.5 Å². The predicted octanol–water partition coefficient (Wildman–Crippen LogP) is 1.24. The van der Waals surface area contributed by atoms with Crippen LogP contribution in [0.25, 0.3) is 0 Å². The highest BCUT2D eigenvalue weighted by Gasteiger charge is 2.29. The number of aromatic nitrogens is 1. The van der Waals surface area contributed by atoms with Crippen molar-refractivity contribution in [1.29, 1.82) is 0 Å². The van der Waals surface area contributed by atoms with E-state index in [-0.39, 0.29) is 21.8 Å². The van der Waals surface area contributed by atoms with Crippen LogP contribution in [0.5, 0.6) is 0 Å². The van der Waals surface area contributed by atoms with Crippen LogP contribution in [-0.2, 0) is 14.8 Å². The SMILES string of the molecule is Nc1ncc(Cl)cc1S(=O)(=O)NC1CCC(C(=O)O)CC1. The summed E-state index contributed by atoms with van der Waals surface area (Å²) in [4.78, 5) is 14.4. The fraction of sp³-hybridized carbons (Fsp3) is 0.500. The minimum atomic E-state index is -3.82. The number of anilines is 1. The number of pyridine rings is 1. The average Bonchev–Trinajstić information content (AvgIpc) is 2.41. The smallest absolute Gasteiger partial charge is 0.306 e. The number of carbonyl (C=O) groups is 1. The number of aliphatic carboxylic acids is 1. The van der Waals surface area contributed by atoms with E-state index in [1.54, 1.807) is 0 Å². The normalized spacial score (nSPS) is 22.9. The number of halogens is 1. The summed E-state index contributed by atoms with van der Waals surface area (Å²) in [5, 5.41) is 9.10. The molecule has 1 fully saturated rings. The predicted molar refractivity (Wildman–Crippen MR) is 77.4 cm³/mol. The van der Waals surface area contributed by atoms with Crippen molar-refractivity contribution < 1.29 is 18.3 Å². The monoisotopic (exact) mass is 333 g/mol. The molecule has 9 heteroatoms. The maximum absolute atomic E-state index is 12.3. The molecule has 0 amide bonds. The number of nitrogens with one attached hydrogen (secondary N) is 1. The maximum Gasteiger partial charge on any atom is 0.306 e. The van der Waals surface area contributed by atoms with E-state index in [9.17, 15) is 13.2 Å². The zero-order valence-electron chi connectivity index (χ0n) is 11.1. The number of carboxylic acids is 1. The minimum Gasteiger partial charge on any atom is -0.481 e. The van der Waals surface area contributed by atoms with E-state index in [1.165, 1.54) is 12.3 Å². The van der Waals surface area contributed by atoms with Crippen LogP contribution in [0.15, 0.2) is 17.2 Å². The van der Waals surface area contributed by atoms with E-state index in [4.69, 9.17) is 22.4 Å². The Morgan fingerprint density at radius 1 is 1.38 bits per heavy atom. The number of rotatable bonds is 4. The van der Waals surface area contributed by atoms with Crippen molar-refractivity contribution in [1.82, 2.24) is 9.71 Å². The van der Waals surface area contributed by atoms with Crippen molar-refractivity contribution in [3.8, 4) is 0 Å². The van der Waals surface area contributed by atoms with Crippen LogP contribution in [0.2, 0.25) is 5.02 Å². The lowest BCUT2D eigenvalue weighted by Gasteiger charge is -2.26. The molecular formula is C12H16ClN3O4S. The standard InChI is InChI=1S/C12H16ClN3O4S/c13-8-5-10(11(14)15-6-8)21(19,20)16-9-3-1-7(2-4-9)12(17)18/h5-7,9,16H,1-4H2,(H2,14,15)(H,17,18). The summed E-state index contributed by atoms with van der Waals surface area (Å²) in [6, 6.07) is 0.943. The molecule has 1 aromatic rings. The van der Waals surface area contributed by atoms with Gasteiger partial charge in [0.2, 0.25) is 10.0 Å². The lowest BCUT2D eigenvalue weighted by atomic mass is 9.87. The van der Waals surface area contributed by atoms with Crippen molar-refractivity contribution in [3.05, 3.63) is 17.3 Å². The molecule has 1 aliphatic rings. The Kier molecular flexibility index (Phi) is 4.70. The van der Waals surface area contributed by atoms with Crippen LogP contribution in [0.3, 0.4) is 0 Å². The Morgan fingerprint density at radius 2 is 2.00 bits per heavy atom. The van der Waals surface area contributed by atoms with Crippen LogP contribution in [0.1, 0.15) is 25.7 Å². The van der Waals surface area contributed by atoms with Gasteiger partial charge >= 0.3 is 5.97 Å². The van der Waals surface area contributed by atoms with Gasteiger partial charge < -0.3 is 10.8 Å². The van der Waals surface area contributed by atoms with E-state index >= 15 is 0 Å². The molecule has 0 bridgehead atoms. The Labute approximate surface area is 127 Å². The highest BCUT2D eigenvalue weighted by atomic mass is 35.5. The van der Waals surface area contributed by atoms with E-state index in [2.05, 4.69) is 9.71 Å². The topological polar surface area (TPSA) is 122 Å². The number of sulfonamides is 1. The largest absolute Gasteiger partial charge is 0.481 e. The van der Waals surface area contributed by atoms with E-state index < -0.39 is 21.9 Å². The van der Waals surface area contributed by atoms with Gasteiger partial charge in [0.15, 0.2) is 0 Å². The fourth-order valence-corrected chi connectivity index (χ4v) is 4.02. The van der Waals surface area contributed by atoms with Crippen molar-refractivity contribution in [2.45, 2.75) is 36.6 Å². The number of nitrogens with two attached hydrogens (primary N) is 1. The number of hydrogen-bond acceptors (Lipinski definition) is 5. The van der Waals surface area contributed by atoms with E-state index in [1.807, 2.05) is 0 Å². The Morgan fingerprint density at radius 3 is 2.57 bits per heavy atom. The molecule has 116 valence electrons. The second-order valence-corrected chi connectivity index (χ2v) is 7.16. The fourth-order valence-electron chi connectivity index (χ4n) is 2.39. The molecule has 1 aliphatic carbocycles. The van der Waals surface area contributed by atoms with Crippen molar-refractivity contribution in [2.75, 3.05) is 5.73 Å². The van der Waals surface area contributed by atoms with Gasteiger partial charge in [0.05, 0.1) is 10.9 Å². The van der Waals surface area contributed by atoms with Crippen molar-refractivity contribution >= 4 is 33.4 Å². The van der Waals surface area contributed by atoms with Crippen LogP contribution < -0.4 is 10.5 Å². The zero-order chi connectivity index (χ0) is 15.6. The number of hydrogen-bond donors (Lipinski definition) is 3. The lowest BCUT2D eigenvalue weighted by molar-refractivity contribution is -0.142. The molecule has 1 aromatic heterocycles. The first-order valence-corrected chi connectivity index (χ1v) is 8.32. The molecule has 7 nitrogen and oxygen atoms in total. The number of carboxylic acid groups (broad SMARTS) is 1. The Bertz CT molecular complexity index is 642. The van der Waals surface area contributed by atoms with Crippen LogP contribution in [0, 0.1) is 5.92 Å². The zero-order valence-corrected chi connectivity index (χ0v) is 12.7. The molecule has 1 saturated carbocycles. The molecule has 2 rings (SSSR count). The summed E-state index contributed by atoms with van der Waals surface area (Å²) in [6.07, 6.45) is 3.12. The van der Waals surface area contributed by atoms with Crippen molar-refractivity contribution in [2.24, 2.45) is 5.92 Å². The van der Waals surface area contributed by atoms with E-state index in [0.29, 0.717) is 25.7 Å². The summed E-state index contributed by atoms with van der Waals surface area (Å²) in [5.41, 5.74) is 5.58. The van der Waals surface area contributed by atoms with Crippen LogP contribution in [0.4, 0.5) is 5.82 Å². The quantitative estimate of drug-likeness (QED) is 0.761. The molecule has 0 atom stereocenters. The average molecular weight is 334 g/mol. The van der Waals surface area contributed by atoms with Gasteiger partial charge in [0, 0.05) is 12.2 Å². The molecule has 1 heterocycles. The molecule has 0 spiro atoms. The Hall–Kier alpha value is -1.38. The van der Waals surface area contributed by atoms with Gasteiger partial charge in [-0.15, -0.1) is 0 Å². The second kappa shape index (κ2) is 6.17. The second-order valence-electron chi connectivity index (χ2n) is 5.04. The molecule has 0 aromatic carbocycles. The van der Waals surface area contributed by atoms with Gasteiger partial charge in [-0.05, 0) is 31.7 Å². The van der Waals surface area contributed by atoms with Gasteiger partial charge in [-0.3, -0.25) is 4.79 Å². The highest BCUT2D eigenvalue weighted by molar-refractivity contribution is 7.89. The third-order valence-corrected chi connectivity index (χ3v) is 5.29. The lowest BCUT2D eigenvalue weighted by Crippen LogP contribution is -2.39. The highest BCUT2D eigenvalue weighted by Crippen LogP contribution is 2.27. The first-order valence-electron chi connectivity index (χ1n) is 6.46. The summed E-state index contributed by atoms with van der Waals surface area (Å²) in [5.74, 6) is -1.35. The third-order valence-electron chi connectivity index (χ3n) is 3.54. The molecule has 0 unspecified atom stereocenters. The summed E-state index contributed by atoms with van der Waals surface area (Å²) < 4.78 is 27.1. The van der Waals surface area contributed by atoms with Gasteiger partial charge in [-0.2, -0.15) is 0 Å². The maximum atomic E-state index is 12.3. The molecule has 0 saturated heterocycles. The molecule has 21 heavy (non-hydrogen) atoms. The Balaban J connectivity index is 2.09. The molecular weight excluding hydrogens is 318 g/mol. The summed E-state index contributed by atoms with van der Waals surface area (Å²) >= 11 is 5.74. The number of nitrogens with zero attached hydrogens (tertiary/aromatic N) is 1.